The predicted octanol–water partition coefficient (Wildman–Crippen LogP) is 8.77. The molecule has 0 aromatic heterocycles. The lowest BCUT2D eigenvalue weighted by Crippen LogP contribution is -1.97. The Bertz CT molecular complexity index is 321. The molecule has 138 valence electrons. The highest BCUT2D eigenvalue weighted by Gasteiger charge is 2.06. The first-order valence-corrected chi connectivity index (χ1v) is 9.29. The van der Waals surface area contributed by atoms with Crippen LogP contribution >= 0.6 is 0 Å². The van der Waals surface area contributed by atoms with Gasteiger partial charge >= 0.3 is 0 Å². The van der Waals surface area contributed by atoms with Gasteiger partial charge in [-0.1, -0.05) is 113 Å². The standard InChI is InChI=1S/C14H22.C4H10.C3H8.C2H6/c1-8-12(6)14(11(4)5)9-13(7)10(2)3;1-4(2)3;1-3-2;1-2/h9,11H,2,6-8H2,1,3-5H3;4H,1-3H3;3H2,1-2H3;1-2H3/b14-9-;;;. The fourth-order valence-corrected chi connectivity index (χ4v) is 1.19. The maximum Gasteiger partial charge on any atom is -0.0216 e. The summed E-state index contributed by atoms with van der Waals surface area (Å²) in [6, 6.07) is 0. The van der Waals surface area contributed by atoms with E-state index in [2.05, 4.69) is 81.2 Å². The van der Waals surface area contributed by atoms with E-state index in [1.165, 1.54) is 17.6 Å². The molecule has 0 bridgehead atoms. The van der Waals surface area contributed by atoms with E-state index in [9.17, 15) is 0 Å². The van der Waals surface area contributed by atoms with Crippen molar-refractivity contribution in [2.75, 3.05) is 0 Å². The van der Waals surface area contributed by atoms with E-state index in [-0.39, 0.29) is 0 Å². The number of rotatable bonds is 5. The molecule has 0 rings (SSSR count). The Hall–Kier alpha value is -1.04. The van der Waals surface area contributed by atoms with Gasteiger partial charge in [0, 0.05) is 0 Å². The van der Waals surface area contributed by atoms with Gasteiger partial charge in [0.1, 0.15) is 0 Å². The zero-order valence-corrected chi connectivity index (χ0v) is 18.3. The average molecular weight is 323 g/mol. The first kappa shape index (κ1) is 29.9. The van der Waals surface area contributed by atoms with E-state index in [4.69, 9.17) is 0 Å². The molecule has 0 aliphatic rings. The molecule has 0 N–H and O–H groups in total. The molecule has 0 aromatic rings. The number of hydrogen-bond donors (Lipinski definition) is 0. The van der Waals surface area contributed by atoms with E-state index in [0.29, 0.717) is 5.92 Å². The molecule has 0 aliphatic carbocycles. The maximum atomic E-state index is 4.07. The molecule has 0 nitrogen and oxygen atoms in total. The second kappa shape index (κ2) is 21.0. The fraction of sp³-hybridized carbons (Fsp3) is 0.652. The summed E-state index contributed by atoms with van der Waals surface area (Å²) in [6.07, 6.45) is 4.35. The topological polar surface area (TPSA) is 0 Å². The monoisotopic (exact) mass is 322 g/mol. The van der Waals surface area contributed by atoms with E-state index < -0.39 is 0 Å². The highest BCUT2D eigenvalue weighted by atomic mass is 14.1. The lowest BCUT2D eigenvalue weighted by Gasteiger charge is -2.14. The fourth-order valence-electron chi connectivity index (χ4n) is 1.19. The smallest absolute Gasteiger partial charge is 0.0216 e. The maximum absolute atomic E-state index is 4.07. The van der Waals surface area contributed by atoms with Gasteiger partial charge in [-0.25, -0.2) is 0 Å². The van der Waals surface area contributed by atoms with Crippen LogP contribution in [0.15, 0.2) is 48.1 Å². The van der Waals surface area contributed by atoms with Crippen molar-refractivity contribution in [3.05, 3.63) is 48.1 Å². The Balaban J connectivity index is -0.000000166. The van der Waals surface area contributed by atoms with Gasteiger partial charge in [-0.2, -0.15) is 0 Å². The second-order valence-electron chi connectivity index (χ2n) is 6.46. The van der Waals surface area contributed by atoms with E-state index in [0.717, 1.165) is 23.5 Å². The van der Waals surface area contributed by atoms with E-state index >= 15 is 0 Å². The molecule has 0 aromatic carbocycles. The predicted molar refractivity (Wildman–Crippen MR) is 114 cm³/mol. The van der Waals surface area contributed by atoms with Crippen molar-refractivity contribution in [2.24, 2.45) is 11.8 Å². The van der Waals surface area contributed by atoms with Crippen molar-refractivity contribution in [1.29, 1.82) is 0 Å². The van der Waals surface area contributed by atoms with Crippen LogP contribution in [0.1, 0.15) is 89.0 Å². The zero-order chi connectivity index (χ0) is 19.6. The quantitative estimate of drug-likeness (QED) is 0.444. The summed E-state index contributed by atoms with van der Waals surface area (Å²) in [4.78, 5) is 0. The molecule has 0 amide bonds. The zero-order valence-electron chi connectivity index (χ0n) is 18.3. The lowest BCUT2D eigenvalue weighted by atomic mass is 9.92. The minimum Gasteiger partial charge on any atom is -0.0956 e. The van der Waals surface area contributed by atoms with Crippen LogP contribution in [-0.4, -0.2) is 0 Å². The molecule has 0 spiro atoms. The van der Waals surface area contributed by atoms with Crippen molar-refractivity contribution >= 4 is 0 Å². The van der Waals surface area contributed by atoms with Gasteiger partial charge in [-0.3, -0.25) is 0 Å². The molecule has 0 unspecified atom stereocenters. The first-order chi connectivity index (χ1) is 10.5. The summed E-state index contributed by atoms with van der Waals surface area (Å²) >= 11 is 0. The van der Waals surface area contributed by atoms with Gasteiger partial charge in [-0.15, -0.1) is 0 Å². The van der Waals surface area contributed by atoms with Crippen LogP contribution in [-0.2, 0) is 0 Å². The highest BCUT2D eigenvalue weighted by Crippen LogP contribution is 2.23. The van der Waals surface area contributed by atoms with Crippen LogP contribution in [0.25, 0.3) is 0 Å². The van der Waals surface area contributed by atoms with Crippen LogP contribution in [0.2, 0.25) is 0 Å². The molecule has 0 heterocycles. The average Bonchev–Trinajstić information content (AvgIpc) is 2.45. The van der Waals surface area contributed by atoms with Gasteiger partial charge < -0.3 is 0 Å². The van der Waals surface area contributed by atoms with Crippen molar-refractivity contribution in [1.82, 2.24) is 0 Å². The van der Waals surface area contributed by atoms with Crippen molar-refractivity contribution in [3.8, 4) is 0 Å². The van der Waals surface area contributed by atoms with Crippen LogP contribution < -0.4 is 0 Å². The van der Waals surface area contributed by atoms with Crippen LogP contribution in [0.3, 0.4) is 0 Å². The summed E-state index contributed by atoms with van der Waals surface area (Å²) in [6.45, 7) is 35.1. The molecule has 0 radical (unpaired) electrons. The van der Waals surface area contributed by atoms with Gasteiger partial charge in [0.05, 0.1) is 0 Å². The Kier molecular flexibility index (Phi) is 27.3. The Morgan fingerprint density at radius 2 is 1.17 bits per heavy atom. The van der Waals surface area contributed by atoms with E-state index in [1.54, 1.807) is 0 Å². The van der Waals surface area contributed by atoms with Gasteiger partial charge in [0.25, 0.3) is 0 Å². The van der Waals surface area contributed by atoms with Gasteiger partial charge in [-0.05, 0) is 36.3 Å². The minimum absolute atomic E-state index is 0.499. The summed E-state index contributed by atoms with van der Waals surface area (Å²) in [5, 5.41) is 0. The molecule has 0 saturated heterocycles. The molecule has 0 saturated carbocycles. The highest BCUT2D eigenvalue weighted by molar-refractivity contribution is 5.42. The molecule has 0 atom stereocenters. The summed E-state index contributed by atoms with van der Waals surface area (Å²) in [5.74, 6) is 1.33. The molecule has 0 fully saturated rings. The Morgan fingerprint density at radius 3 is 1.35 bits per heavy atom. The Labute approximate surface area is 149 Å². The summed E-state index contributed by atoms with van der Waals surface area (Å²) < 4.78 is 0. The minimum atomic E-state index is 0.499. The lowest BCUT2D eigenvalue weighted by molar-refractivity contribution is 0.737. The van der Waals surface area contributed by atoms with Crippen molar-refractivity contribution < 1.29 is 0 Å². The largest absolute Gasteiger partial charge is 0.0956 e. The Morgan fingerprint density at radius 1 is 0.870 bits per heavy atom. The number of allylic oxidation sites excluding steroid dienone is 5. The summed E-state index contributed by atoms with van der Waals surface area (Å²) in [7, 11) is 0. The molecule has 0 aliphatic heterocycles. The van der Waals surface area contributed by atoms with Crippen LogP contribution in [0, 0.1) is 11.8 Å². The van der Waals surface area contributed by atoms with Crippen molar-refractivity contribution in [3.63, 3.8) is 0 Å². The van der Waals surface area contributed by atoms with E-state index in [1.807, 2.05) is 20.8 Å². The number of hydrogen-bond acceptors (Lipinski definition) is 0. The van der Waals surface area contributed by atoms with Crippen molar-refractivity contribution in [2.45, 2.75) is 89.0 Å². The molecule has 23 heavy (non-hydrogen) atoms. The van der Waals surface area contributed by atoms with Crippen LogP contribution in [0.5, 0.6) is 0 Å². The SMILES string of the molecule is C=C(C)C(=C)/C=C(\C(=C)CC)C(C)C.CC.CC(C)C.CCC. The third-order valence-electron chi connectivity index (χ3n) is 2.33. The first-order valence-electron chi connectivity index (χ1n) is 9.29. The molecular formula is C23H46. The molecular weight excluding hydrogens is 276 g/mol. The molecule has 0 heteroatoms. The summed E-state index contributed by atoms with van der Waals surface area (Å²) in [5.41, 5.74) is 4.51. The third kappa shape index (κ3) is 26.2. The van der Waals surface area contributed by atoms with Crippen LogP contribution in [0.4, 0.5) is 0 Å². The van der Waals surface area contributed by atoms with Gasteiger partial charge in [0.15, 0.2) is 0 Å². The normalized spacial score (nSPS) is 9.70. The third-order valence-corrected chi connectivity index (χ3v) is 2.33. The second-order valence-corrected chi connectivity index (χ2v) is 6.46. The van der Waals surface area contributed by atoms with Gasteiger partial charge in [0.2, 0.25) is 0 Å².